The number of hydrogen-bond acceptors (Lipinski definition) is 10. The van der Waals surface area contributed by atoms with Gasteiger partial charge < -0.3 is 36.3 Å². The maximum atomic E-state index is 14.7. The minimum atomic E-state index is -0.743. The highest BCUT2D eigenvalue weighted by Crippen LogP contribution is 2.54. The zero-order valence-electron chi connectivity index (χ0n) is 23.8. The van der Waals surface area contributed by atoms with Crippen molar-refractivity contribution in [1.82, 2.24) is 35.6 Å². The summed E-state index contributed by atoms with van der Waals surface area (Å²) in [4.78, 5) is 48.2. The van der Waals surface area contributed by atoms with Crippen molar-refractivity contribution in [3.63, 3.8) is 0 Å². The number of nitrogens with one attached hydrogen (secondary N) is 4. The lowest BCUT2D eigenvalue weighted by molar-refractivity contribution is -0.129. The Bertz CT molecular complexity index is 1690. The van der Waals surface area contributed by atoms with E-state index in [1.54, 1.807) is 40.2 Å². The fraction of sp³-hybridized carbons (Fsp3) is 0.429. The van der Waals surface area contributed by atoms with E-state index in [9.17, 15) is 14.0 Å². The molecule has 2 amide bonds. The van der Waals surface area contributed by atoms with Crippen LogP contribution in [0.3, 0.4) is 0 Å². The first-order valence-corrected chi connectivity index (χ1v) is 13.9. The molecular weight excluding hydrogens is 543 g/mol. The van der Waals surface area contributed by atoms with E-state index < -0.39 is 23.8 Å². The average Bonchev–Trinajstić information content (AvgIpc) is 3.52. The number of carbonyl (C=O) groups excluding carboxylic acids is 2. The largest absolute Gasteiger partial charge is 0.421 e. The number of nitrogens with two attached hydrogens (primary N) is 1. The highest BCUT2D eigenvalue weighted by atomic mass is 19.1. The summed E-state index contributed by atoms with van der Waals surface area (Å²) in [7, 11) is 1.72. The second kappa shape index (κ2) is 10.4. The van der Waals surface area contributed by atoms with Crippen LogP contribution < -0.4 is 31.3 Å². The summed E-state index contributed by atoms with van der Waals surface area (Å²) in [6.45, 7) is 6.06. The molecule has 6 N–H and O–H groups in total. The number of hydrogen-bond donors (Lipinski definition) is 5. The van der Waals surface area contributed by atoms with Crippen LogP contribution in [0.2, 0.25) is 0 Å². The van der Waals surface area contributed by atoms with E-state index in [-0.39, 0.29) is 23.4 Å². The van der Waals surface area contributed by atoms with Crippen LogP contribution in [0.25, 0.3) is 21.9 Å². The summed E-state index contributed by atoms with van der Waals surface area (Å²) in [5.41, 5.74) is 7.24. The van der Waals surface area contributed by atoms with Gasteiger partial charge in [0.25, 0.3) is 0 Å². The van der Waals surface area contributed by atoms with Crippen LogP contribution in [-0.2, 0) is 9.59 Å². The van der Waals surface area contributed by atoms with E-state index in [1.807, 2.05) is 0 Å². The predicted molar refractivity (Wildman–Crippen MR) is 155 cm³/mol. The van der Waals surface area contributed by atoms with Crippen LogP contribution in [0.1, 0.15) is 32.5 Å². The fourth-order valence-electron chi connectivity index (χ4n) is 5.54. The molecule has 1 aromatic carbocycles. The molecule has 14 heteroatoms. The number of aryl methyl sites for hydroxylation is 1. The average molecular weight is 577 g/mol. The fourth-order valence-corrected chi connectivity index (χ4v) is 5.54. The van der Waals surface area contributed by atoms with E-state index in [4.69, 9.17) is 15.5 Å². The molecule has 6 rings (SSSR count). The number of nitrogens with zero attached hydrogens (tertiary/aromatic N) is 5. The van der Waals surface area contributed by atoms with E-state index >= 15 is 0 Å². The van der Waals surface area contributed by atoms with Crippen molar-refractivity contribution >= 4 is 45.3 Å². The first-order chi connectivity index (χ1) is 20.1. The number of rotatable bonds is 8. The number of benzene rings is 1. The molecule has 4 heterocycles. The first kappa shape index (κ1) is 27.6. The summed E-state index contributed by atoms with van der Waals surface area (Å²) < 4.78 is 20.7. The highest BCUT2D eigenvalue weighted by Gasteiger charge is 2.56. The molecule has 4 aromatic rings. The van der Waals surface area contributed by atoms with Crippen LogP contribution in [0.5, 0.6) is 11.8 Å². The second-order valence-corrected chi connectivity index (χ2v) is 11.2. The topological polar surface area (TPSA) is 176 Å². The lowest BCUT2D eigenvalue weighted by Gasteiger charge is -2.22. The van der Waals surface area contributed by atoms with Gasteiger partial charge in [0.1, 0.15) is 29.1 Å². The third-order valence-electron chi connectivity index (χ3n) is 8.04. The number of aromatic amines is 1. The quantitative estimate of drug-likeness (QED) is 0.209. The molecule has 3 aromatic heterocycles. The van der Waals surface area contributed by atoms with E-state index in [0.717, 1.165) is 12.8 Å². The Hall–Kier alpha value is -4.59. The molecule has 0 radical (unpaired) electrons. The number of aromatic nitrogens is 5. The van der Waals surface area contributed by atoms with Crippen LogP contribution in [0, 0.1) is 18.2 Å². The first-order valence-electron chi connectivity index (χ1n) is 13.9. The Labute approximate surface area is 240 Å². The number of fused-ring (bicyclic) bond motifs is 3. The number of amides is 2. The van der Waals surface area contributed by atoms with Crippen molar-refractivity contribution in [3.8, 4) is 11.8 Å². The molecule has 2 aliphatic rings. The zero-order chi connectivity index (χ0) is 29.8. The van der Waals surface area contributed by atoms with Crippen molar-refractivity contribution in [2.75, 3.05) is 30.4 Å². The van der Waals surface area contributed by atoms with Gasteiger partial charge in [-0.2, -0.15) is 9.97 Å². The molecule has 0 bridgehead atoms. The maximum absolute atomic E-state index is 14.7. The summed E-state index contributed by atoms with van der Waals surface area (Å²) in [6, 6.07) is 1.30. The lowest BCUT2D eigenvalue weighted by atomic mass is 10.0. The van der Waals surface area contributed by atoms with Gasteiger partial charge in [-0.05, 0) is 45.7 Å². The standard InChI is InChI=1S/C28H33FN10O3/c1-13(30)25(40)34-14(2)26(41)35-20-11-39(12-28(20)5-6-28)24-21-18-7-16(29)8-19(31-4)22(18)36-23(21)37-27(38-24)42-17-9-32-15(3)33-10-17/h7-10,13-14,20,31H,5-6,11-12,30H2,1-4H3,(H,34,40)(H,35,41)(H,36,37,38)/t13-,14+,20-/m1/s1. The number of ether oxygens (including phenoxy) is 1. The number of halogens is 1. The number of H-pyrrole nitrogens is 1. The van der Waals surface area contributed by atoms with Crippen molar-refractivity contribution in [2.24, 2.45) is 11.1 Å². The van der Waals surface area contributed by atoms with Crippen LogP contribution >= 0.6 is 0 Å². The Morgan fingerprint density at radius 3 is 2.60 bits per heavy atom. The Balaban J connectivity index is 1.37. The lowest BCUT2D eigenvalue weighted by Crippen LogP contribution is -2.53. The van der Waals surface area contributed by atoms with Gasteiger partial charge in [0.15, 0.2) is 5.75 Å². The van der Waals surface area contributed by atoms with Gasteiger partial charge in [0.2, 0.25) is 11.8 Å². The smallest absolute Gasteiger partial charge is 0.326 e. The van der Waals surface area contributed by atoms with Gasteiger partial charge in [-0.3, -0.25) is 9.59 Å². The minimum absolute atomic E-state index is 0.0764. The predicted octanol–water partition coefficient (Wildman–Crippen LogP) is 2.12. The van der Waals surface area contributed by atoms with Gasteiger partial charge in [0.05, 0.1) is 41.1 Å². The molecular formula is C28H33FN10O3. The molecule has 0 unspecified atom stereocenters. The van der Waals surface area contributed by atoms with E-state index in [1.165, 1.54) is 12.1 Å². The molecule has 1 saturated carbocycles. The normalized spacial score (nSPS) is 18.7. The van der Waals surface area contributed by atoms with Gasteiger partial charge in [-0.25, -0.2) is 14.4 Å². The molecule has 1 aliphatic heterocycles. The summed E-state index contributed by atoms with van der Waals surface area (Å²) in [6.07, 6.45) is 4.95. The molecule has 220 valence electrons. The van der Waals surface area contributed by atoms with Gasteiger partial charge in [-0.15, -0.1) is 0 Å². The molecule has 42 heavy (non-hydrogen) atoms. The molecule has 3 atom stereocenters. The third kappa shape index (κ3) is 5.02. The summed E-state index contributed by atoms with van der Waals surface area (Å²) in [5, 5.41) is 10.1. The molecule has 1 spiro atoms. The SMILES string of the molecule is CNc1cc(F)cc2c1[nH]c1nc(Oc3cnc(C)nc3)nc(N3C[C@@H](NC(=O)[C@H](C)NC(=O)[C@@H](C)N)C4(CC4)C3)c12. The van der Waals surface area contributed by atoms with Gasteiger partial charge >= 0.3 is 6.01 Å². The van der Waals surface area contributed by atoms with Crippen LogP contribution in [0.15, 0.2) is 24.5 Å². The number of carbonyl (C=O) groups is 2. The zero-order valence-corrected chi connectivity index (χ0v) is 23.8. The Morgan fingerprint density at radius 2 is 1.93 bits per heavy atom. The Kier molecular flexibility index (Phi) is 6.80. The summed E-state index contributed by atoms with van der Waals surface area (Å²) in [5.74, 6) is 0.451. The highest BCUT2D eigenvalue weighted by molar-refractivity contribution is 6.14. The van der Waals surface area contributed by atoms with Gasteiger partial charge in [0, 0.05) is 30.9 Å². The monoisotopic (exact) mass is 576 g/mol. The number of anilines is 2. The maximum Gasteiger partial charge on any atom is 0.326 e. The van der Waals surface area contributed by atoms with Crippen LogP contribution in [-0.4, -0.2) is 75.0 Å². The van der Waals surface area contributed by atoms with Crippen molar-refractivity contribution in [3.05, 3.63) is 36.2 Å². The van der Waals surface area contributed by atoms with Crippen molar-refractivity contribution < 1.29 is 18.7 Å². The molecule has 2 fully saturated rings. The minimum Gasteiger partial charge on any atom is -0.421 e. The molecule has 1 saturated heterocycles. The van der Waals surface area contributed by atoms with E-state index in [2.05, 4.69) is 40.8 Å². The molecule has 13 nitrogen and oxygen atoms in total. The van der Waals surface area contributed by atoms with Crippen LogP contribution in [0.4, 0.5) is 15.9 Å². The van der Waals surface area contributed by atoms with Gasteiger partial charge in [-0.1, -0.05) is 0 Å². The molecule has 1 aliphatic carbocycles. The van der Waals surface area contributed by atoms with E-state index in [0.29, 0.717) is 58.1 Å². The second-order valence-electron chi connectivity index (χ2n) is 11.2. The Morgan fingerprint density at radius 1 is 1.19 bits per heavy atom. The summed E-state index contributed by atoms with van der Waals surface area (Å²) >= 11 is 0. The van der Waals surface area contributed by atoms with Crippen molar-refractivity contribution in [1.29, 1.82) is 0 Å². The van der Waals surface area contributed by atoms with Crippen molar-refractivity contribution in [2.45, 2.75) is 51.7 Å². The third-order valence-corrected chi connectivity index (χ3v) is 8.04.